The number of pyridine rings is 1. The average molecular weight is 450 g/mol. The Labute approximate surface area is 187 Å². The highest BCUT2D eigenvalue weighted by molar-refractivity contribution is 7.20. The van der Waals surface area contributed by atoms with Gasteiger partial charge in [-0.2, -0.15) is 0 Å². The van der Waals surface area contributed by atoms with Gasteiger partial charge in [0, 0.05) is 25.5 Å². The van der Waals surface area contributed by atoms with Crippen molar-refractivity contribution in [2.24, 2.45) is 0 Å². The summed E-state index contributed by atoms with van der Waals surface area (Å²) in [5, 5.41) is 0. The summed E-state index contributed by atoms with van der Waals surface area (Å²) in [6, 6.07) is 3.69. The highest BCUT2D eigenvalue weighted by Gasteiger charge is 2.20. The minimum Gasteiger partial charge on any atom is -0.495 e. The Kier molecular flexibility index (Phi) is 8.02. The van der Waals surface area contributed by atoms with Crippen LogP contribution < -0.4 is 4.74 Å². The lowest BCUT2D eigenvalue weighted by Crippen LogP contribution is -2.24. The van der Waals surface area contributed by atoms with Gasteiger partial charge in [0.15, 0.2) is 12.1 Å². The fourth-order valence-corrected chi connectivity index (χ4v) is 4.34. The summed E-state index contributed by atoms with van der Waals surface area (Å²) in [7, 11) is 1.61. The molecule has 170 valence electrons. The molecule has 0 amide bonds. The van der Waals surface area contributed by atoms with E-state index in [1.54, 1.807) is 13.2 Å². The second-order valence-corrected chi connectivity index (χ2v) is 9.64. The van der Waals surface area contributed by atoms with Crippen LogP contribution in [0.15, 0.2) is 12.1 Å². The maximum absolute atomic E-state index is 12.6. The number of hydrogen-bond acceptors (Lipinski definition) is 8. The number of esters is 1. The second kappa shape index (κ2) is 10.5. The Morgan fingerprint density at radius 3 is 2.71 bits per heavy atom. The number of fused-ring (bicyclic) bond motifs is 1. The van der Waals surface area contributed by atoms with Crippen molar-refractivity contribution in [3.8, 4) is 5.75 Å². The Balaban J connectivity index is 1.62. The number of methoxy groups -OCH3 is 1. The van der Waals surface area contributed by atoms with Crippen molar-refractivity contribution in [2.45, 2.75) is 71.2 Å². The Hall–Kier alpha value is -2.03. The zero-order valence-corrected chi connectivity index (χ0v) is 19.5. The molecule has 8 heteroatoms. The van der Waals surface area contributed by atoms with Crippen LogP contribution in [-0.2, 0) is 25.4 Å². The van der Waals surface area contributed by atoms with Gasteiger partial charge in [0.1, 0.15) is 11.4 Å². The van der Waals surface area contributed by atoms with E-state index < -0.39 is 5.60 Å². The first-order chi connectivity index (χ1) is 14.7. The first-order valence-electron chi connectivity index (χ1n) is 10.7. The fourth-order valence-electron chi connectivity index (χ4n) is 3.34. The number of nitrogens with zero attached hydrogens (tertiary/aromatic N) is 1. The maximum Gasteiger partial charge on any atom is 0.306 e. The number of carbonyl (C=O) groups is 2. The van der Waals surface area contributed by atoms with Crippen LogP contribution in [0.2, 0.25) is 0 Å². The van der Waals surface area contributed by atoms with Crippen LogP contribution >= 0.6 is 11.3 Å². The highest BCUT2D eigenvalue weighted by atomic mass is 32.1. The molecule has 1 unspecified atom stereocenters. The minimum atomic E-state index is -0.554. The quantitative estimate of drug-likeness (QED) is 0.405. The van der Waals surface area contributed by atoms with Gasteiger partial charge in [-0.05, 0) is 46.1 Å². The van der Waals surface area contributed by atoms with Gasteiger partial charge in [0.2, 0.25) is 0 Å². The zero-order valence-electron chi connectivity index (χ0n) is 18.7. The van der Waals surface area contributed by atoms with Crippen LogP contribution in [0.1, 0.15) is 68.2 Å². The van der Waals surface area contributed by atoms with Crippen LogP contribution in [0.5, 0.6) is 5.75 Å². The molecule has 0 aromatic carbocycles. The van der Waals surface area contributed by atoms with Gasteiger partial charge in [-0.25, -0.2) is 4.98 Å². The topological polar surface area (TPSA) is 84.0 Å². The number of hydrogen-bond donors (Lipinski definition) is 0. The summed E-state index contributed by atoms with van der Waals surface area (Å²) in [6.07, 6.45) is 3.76. The third-order valence-electron chi connectivity index (χ3n) is 4.79. The molecule has 3 rings (SSSR count). The molecular formula is C23H31NO6S. The first kappa shape index (κ1) is 23.6. The minimum absolute atomic E-state index is 0.0624. The molecule has 1 atom stereocenters. The maximum atomic E-state index is 12.6. The molecule has 0 saturated carbocycles. The average Bonchev–Trinajstić information content (AvgIpc) is 3.14. The predicted molar refractivity (Wildman–Crippen MR) is 119 cm³/mol. The standard InChI is InChI=1S/C23H31NO6S/c1-23(2,3)30-21(26)9-8-17(25)20-13-16-19(31-20)14-18(27-4)15(24-16)10-12-29-22-7-5-6-11-28-22/h13-14,22H,5-12H2,1-4H3. The molecule has 3 heterocycles. The van der Waals surface area contributed by atoms with Crippen LogP contribution in [0.25, 0.3) is 10.2 Å². The summed E-state index contributed by atoms with van der Waals surface area (Å²) in [5.41, 5.74) is 0.980. The summed E-state index contributed by atoms with van der Waals surface area (Å²) < 4.78 is 23.1. The lowest BCUT2D eigenvalue weighted by atomic mass is 10.1. The number of rotatable bonds is 9. The Bertz CT molecular complexity index is 911. The highest BCUT2D eigenvalue weighted by Crippen LogP contribution is 2.31. The molecule has 1 fully saturated rings. The van der Waals surface area contributed by atoms with Crippen LogP contribution in [0.3, 0.4) is 0 Å². The number of aromatic nitrogens is 1. The monoisotopic (exact) mass is 449 g/mol. The van der Waals surface area contributed by atoms with Crippen molar-refractivity contribution in [1.82, 2.24) is 4.98 Å². The second-order valence-electron chi connectivity index (χ2n) is 8.56. The largest absolute Gasteiger partial charge is 0.495 e. The molecule has 0 radical (unpaired) electrons. The van der Waals surface area contributed by atoms with Crippen molar-refractivity contribution in [2.75, 3.05) is 20.3 Å². The molecule has 7 nitrogen and oxygen atoms in total. The molecule has 0 spiro atoms. The number of thiophene rings is 1. The molecule has 2 aromatic heterocycles. The van der Waals surface area contributed by atoms with Crippen molar-refractivity contribution < 1.29 is 28.5 Å². The summed E-state index contributed by atoms with van der Waals surface area (Å²) in [6.45, 7) is 6.66. The van der Waals surface area contributed by atoms with E-state index in [0.717, 1.165) is 41.8 Å². The van der Waals surface area contributed by atoms with Crippen LogP contribution in [-0.4, -0.2) is 49.0 Å². The van der Waals surface area contributed by atoms with Gasteiger partial charge in [-0.1, -0.05) is 0 Å². The molecule has 0 bridgehead atoms. The van der Waals surface area contributed by atoms with E-state index in [-0.39, 0.29) is 30.9 Å². The fraction of sp³-hybridized carbons (Fsp3) is 0.609. The summed E-state index contributed by atoms with van der Waals surface area (Å²) in [5.74, 6) is 0.216. The molecular weight excluding hydrogens is 418 g/mol. The predicted octanol–water partition coefficient (Wildman–Crippen LogP) is 4.70. The number of carbonyl (C=O) groups excluding carboxylic acids is 2. The molecule has 1 aliphatic rings. The third-order valence-corrected chi connectivity index (χ3v) is 5.91. The molecule has 0 aliphatic carbocycles. The molecule has 0 N–H and O–H groups in total. The van der Waals surface area contributed by atoms with Crippen molar-refractivity contribution in [3.05, 3.63) is 22.7 Å². The van der Waals surface area contributed by atoms with Crippen molar-refractivity contribution in [1.29, 1.82) is 0 Å². The van der Waals surface area contributed by atoms with E-state index in [2.05, 4.69) is 0 Å². The van der Waals surface area contributed by atoms with E-state index in [9.17, 15) is 9.59 Å². The van der Waals surface area contributed by atoms with Crippen LogP contribution in [0, 0.1) is 0 Å². The van der Waals surface area contributed by atoms with E-state index in [4.69, 9.17) is 23.9 Å². The molecule has 1 aliphatic heterocycles. The number of ketones is 1. The lowest BCUT2D eigenvalue weighted by molar-refractivity contribution is -0.161. The lowest BCUT2D eigenvalue weighted by Gasteiger charge is -2.22. The van der Waals surface area contributed by atoms with E-state index in [1.165, 1.54) is 11.3 Å². The molecule has 2 aromatic rings. The van der Waals surface area contributed by atoms with Gasteiger partial charge in [-0.3, -0.25) is 9.59 Å². The van der Waals surface area contributed by atoms with Gasteiger partial charge >= 0.3 is 5.97 Å². The van der Waals surface area contributed by atoms with E-state index in [0.29, 0.717) is 23.7 Å². The number of Topliss-reactive ketones (excluding diaryl/α,β-unsaturated/α-hetero) is 1. The van der Waals surface area contributed by atoms with Gasteiger partial charge in [-0.15, -0.1) is 11.3 Å². The zero-order chi connectivity index (χ0) is 22.4. The van der Waals surface area contributed by atoms with Gasteiger partial charge in [0.25, 0.3) is 0 Å². The third kappa shape index (κ3) is 6.98. The van der Waals surface area contributed by atoms with Crippen molar-refractivity contribution >= 4 is 33.3 Å². The normalized spacial score (nSPS) is 17.0. The number of ether oxygens (including phenoxy) is 4. The first-order valence-corrected chi connectivity index (χ1v) is 11.5. The Morgan fingerprint density at radius 1 is 1.23 bits per heavy atom. The summed E-state index contributed by atoms with van der Waals surface area (Å²) in [4.78, 5) is 29.7. The van der Waals surface area contributed by atoms with E-state index in [1.807, 2.05) is 26.8 Å². The Morgan fingerprint density at radius 2 is 2.03 bits per heavy atom. The molecule has 1 saturated heterocycles. The summed E-state index contributed by atoms with van der Waals surface area (Å²) >= 11 is 1.36. The van der Waals surface area contributed by atoms with Crippen molar-refractivity contribution in [3.63, 3.8) is 0 Å². The van der Waals surface area contributed by atoms with Crippen LogP contribution in [0.4, 0.5) is 0 Å². The van der Waals surface area contributed by atoms with E-state index >= 15 is 0 Å². The SMILES string of the molecule is COc1cc2sc(C(=O)CCC(=O)OC(C)(C)C)cc2nc1CCOC1CCCCO1. The molecule has 31 heavy (non-hydrogen) atoms. The smallest absolute Gasteiger partial charge is 0.306 e. The van der Waals surface area contributed by atoms with Gasteiger partial charge < -0.3 is 18.9 Å². The van der Waals surface area contributed by atoms with Gasteiger partial charge in [0.05, 0.1) is 40.9 Å².